The molecule has 148 valence electrons. The third-order valence-electron chi connectivity index (χ3n) is 4.31. The van der Waals surface area contributed by atoms with Crippen molar-refractivity contribution in [2.24, 2.45) is 0 Å². The first kappa shape index (κ1) is 20.6. The molecule has 0 radical (unpaired) electrons. The van der Waals surface area contributed by atoms with Gasteiger partial charge in [-0.2, -0.15) is 10.2 Å². The van der Waals surface area contributed by atoms with Gasteiger partial charge in [-0.15, -0.1) is 0 Å². The second-order valence-corrected chi connectivity index (χ2v) is 7.65. The van der Waals surface area contributed by atoms with Crippen LogP contribution in [0.3, 0.4) is 0 Å². The summed E-state index contributed by atoms with van der Waals surface area (Å²) in [4.78, 5) is 0. The third kappa shape index (κ3) is 5.25. The molecule has 0 amide bonds. The van der Waals surface area contributed by atoms with Gasteiger partial charge in [0.1, 0.15) is 0 Å². The molecule has 0 saturated heterocycles. The van der Waals surface area contributed by atoms with Crippen LogP contribution in [-0.4, -0.2) is 31.2 Å². The Hall–Kier alpha value is -2.09. The molecule has 2 aromatic heterocycles. The molecule has 28 heavy (non-hydrogen) atoms. The van der Waals surface area contributed by atoms with Gasteiger partial charge in [-0.3, -0.25) is 9.36 Å². The van der Waals surface area contributed by atoms with Crippen LogP contribution in [0.25, 0.3) is 0 Å². The average molecular weight is 437 g/mol. The van der Waals surface area contributed by atoms with Crippen LogP contribution in [0.2, 0.25) is 10.0 Å². The monoisotopic (exact) mass is 436 g/mol. The third-order valence-corrected chi connectivity index (χ3v) is 5.47. The summed E-state index contributed by atoms with van der Waals surface area (Å²) in [7, 11) is 0. The predicted octanol–water partition coefficient (Wildman–Crippen LogP) is 4.43. The van der Waals surface area contributed by atoms with E-state index in [2.05, 4.69) is 20.8 Å². The largest absolute Gasteiger partial charge is 0.362 e. The van der Waals surface area contributed by atoms with Crippen molar-refractivity contribution in [1.29, 1.82) is 0 Å². The fourth-order valence-corrected chi connectivity index (χ4v) is 3.37. The second-order valence-electron chi connectivity index (χ2n) is 6.46. The van der Waals surface area contributed by atoms with Gasteiger partial charge in [0.05, 0.1) is 34.8 Å². The quantitative estimate of drug-likeness (QED) is 0.423. The minimum atomic E-state index is 0.559. The van der Waals surface area contributed by atoms with Crippen LogP contribution in [0.4, 0.5) is 5.69 Å². The summed E-state index contributed by atoms with van der Waals surface area (Å²) in [5.41, 5.74) is 3.70. The average Bonchev–Trinajstić information content (AvgIpc) is 3.20. The number of nitrogens with one attached hydrogen (secondary N) is 2. The van der Waals surface area contributed by atoms with Gasteiger partial charge >= 0.3 is 0 Å². The zero-order chi connectivity index (χ0) is 20.1. The summed E-state index contributed by atoms with van der Waals surface area (Å²) >= 11 is 17.7. The van der Waals surface area contributed by atoms with Crippen LogP contribution < -0.4 is 10.6 Å². The molecule has 3 aromatic rings. The van der Waals surface area contributed by atoms with Gasteiger partial charge in [0.2, 0.25) is 0 Å². The van der Waals surface area contributed by atoms with E-state index in [1.165, 1.54) is 0 Å². The van der Waals surface area contributed by atoms with Crippen LogP contribution in [-0.2, 0) is 13.1 Å². The molecule has 2 heterocycles. The van der Waals surface area contributed by atoms with E-state index in [1.54, 1.807) is 6.20 Å². The minimum Gasteiger partial charge on any atom is -0.362 e. The fraction of sp³-hybridized carbons (Fsp3) is 0.316. The lowest BCUT2D eigenvalue weighted by molar-refractivity contribution is 0.558. The van der Waals surface area contributed by atoms with Crippen molar-refractivity contribution in [2.45, 2.75) is 33.4 Å². The molecule has 3 rings (SSSR count). The highest BCUT2D eigenvalue weighted by Gasteiger charge is 2.08. The maximum Gasteiger partial charge on any atom is 0.170 e. The van der Waals surface area contributed by atoms with Gasteiger partial charge in [0, 0.05) is 24.3 Å². The van der Waals surface area contributed by atoms with Crippen molar-refractivity contribution in [3.8, 4) is 0 Å². The van der Waals surface area contributed by atoms with Crippen molar-refractivity contribution >= 4 is 46.2 Å². The number of halogens is 2. The zero-order valence-corrected chi connectivity index (χ0v) is 18.1. The lowest BCUT2D eigenvalue weighted by Gasteiger charge is -2.09. The maximum absolute atomic E-state index is 6.20. The topological polar surface area (TPSA) is 59.7 Å². The van der Waals surface area contributed by atoms with Gasteiger partial charge in [0.15, 0.2) is 5.11 Å². The van der Waals surface area contributed by atoms with E-state index in [9.17, 15) is 0 Å². The van der Waals surface area contributed by atoms with Crippen LogP contribution in [0, 0.1) is 13.8 Å². The molecule has 0 spiro atoms. The molecule has 0 saturated carbocycles. The van der Waals surface area contributed by atoms with Gasteiger partial charge < -0.3 is 10.6 Å². The summed E-state index contributed by atoms with van der Waals surface area (Å²) < 4.78 is 3.74. The molecule has 6 nitrogen and oxygen atoms in total. The molecule has 9 heteroatoms. The number of anilines is 1. The number of nitrogens with zero attached hydrogens (tertiary/aromatic N) is 4. The molecule has 0 atom stereocenters. The molecule has 0 unspecified atom stereocenters. The minimum absolute atomic E-state index is 0.559. The predicted molar refractivity (Wildman–Crippen MR) is 118 cm³/mol. The van der Waals surface area contributed by atoms with Gasteiger partial charge in [-0.25, -0.2) is 0 Å². The Morgan fingerprint density at radius 1 is 1.21 bits per heavy atom. The van der Waals surface area contributed by atoms with Crippen molar-refractivity contribution in [2.75, 3.05) is 11.9 Å². The van der Waals surface area contributed by atoms with Gasteiger partial charge in [0.25, 0.3) is 0 Å². The highest BCUT2D eigenvalue weighted by atomic mass is 35.5. The smallest absolute Gasteiger partial charge is 0.170 e. The standard InChI is InChI=1S/C19H22Cl2N6S/c1-13-18(21)14(2)27(25-13)9-5-8-22-19(28)24-16-10-23-26(12-16)11-15-6-3-4-7-17(15)20/h3-4,6-7,10,12H,5,8-9,11H2,1-2H3,(H2,22,24,28). The molecule has 0 aliphatic heterocycles. The van der Waals surface area contributed by atoms with Crippen LogP contribution in [0.5, 0.6) is 0 Å². The Labute approximate surface area is 179 Å². The van der Waals surface area contributed by atoms with E-state index in [0.717, 1.165) is 52.2 Å². The fourth-order valence-electron chi connectivity index (χ4n) is 2.81. The first-order valence-electron chi connectivity index (χ1n) is 8.94. The molecular formula is C19H22Cl2N6S. The summed E-state index contributed by atoms with van der Waals surface area (Å²) in [6.45, 7) is 6.00. The summed E-state index contributed by atoms with van der Waals surface area (Å²) in [5.74, 6) is 0. The van der Waals surface area contributed by atoms with Gasteiger partial charge in [-0.05, 0) is 44.1 Å². The Kier molecular flexibility index (Phi) is 6.93. The highest BCUT2D eigenvalue weighted by Crippen LogP contribution is 2.19. The Bertz CT molecular complexity index is 965. The summed E-state index contributed by atoms with van der Waals surface area (Å²) in [5, 5.41) is 17.1. The Balaban J connectivity index is 1.43. The van der Waals surface area contributed by atoms with E-state index in [1.807, 2.05) is 53.7 Å². The number of thiocarbonyl (C=S) groups is 1. The lowest BCUT2D eigenvalue weighted by atomic mass is 10.2. The number of hydrogen-bond donors (Lipinski definition) is 2. The molecule has 0 bridgehead atoms. The normalized spacial score (nSPS) is 10.9. The Morgan fingerprint density at radius 2 is 2.00 bits per heavy atom. The lowest BCUT2D eigenvalue weighted by Crippen LogP contribution is -2.29. The molecule has 1 aromatic carbocycles. The summed E-state index contributed by atoms with van der Waals surface area (Å²) in [6.07, 6.45) is 4.52. The number of benzene rings is 1. The molecule has 0 fully saturated rings. The SMILES string of the molecule is Cc1nn(CCCNC(=S)Nc2cnn(Cc3ccccc3Cl)c2)c(C)c1Cl. The second kappa shape index (κ2) is 9.41. The number of aryl methyl sites for hydroxylation is 2. The van der Waals surface area contributed by atoms with E-state index >= 15 is 0 Å². The van der Waals surface area contributed by atoms with Crippen LogP contribution in [0.15, 0.2) is 36.7 Å². The van der Waals surface area contributed by atoms with Crippen molar-refractivity contribution in [3.63, 3.8) is 0 Å². The van der Waals surface area contributed by atoms with E-state index in [0.29, 0.717) is 11.7 Å². The van der Waals surface area contributed by atoms with Crippen molar-refractivity contribution in [3.05, 3.63) is 63.7 Å². The Morgan fingerprint density at radius 3 is 2.71 bits per heavy atom. The zero-order valence-electron chi connectivity index (χ0n) is 15.7. The van der Waals surface area contributed by atoms with E-state index < -0.39 is 0 Å². The first-order chi connectivity index (χ1) is 13.4. The highest BCUT2D eigenvalue weighted by molar-refractivity contribution is 7.80. The summed E-state index contributed by atoms with van der Waals surface area (Å²) in [6, 6.07) is 7.73. The van der Waals surface area contributed by atoms with Crippen molar-refractivity contribution < 1.29 is 0 Å². The molecule has 2 N–H and O–H groups in total. The molecule has 0 aliphatic rings. The van der Waals surface area contributed by atoms with Crippen molar-refractivity contribution in [1.82, 2.24) is 24.9 Å². The first-order valence-corrected chi connectivity index (χ1v) is 10.1. The molecular weight excluding hydrogens is 415 g/mol. The van der Waals surface area contributed by atoms with E-state index in [4.69, 9.17) is 35.4 Å². The number of aromatic nitrogens is 4. The number of hydrogen-bond acceptors (Lipinski definition) is 3. The maximum atomic E-state index is 6.20. The van der Waals surface area contributed by atoms with Gasteiger partial charge in [-0.1, -0.05) is 41.4 Å². The van der Waals surface area contributed by atoms with Crippen LogP contribution in [0.1, 0.15) is 23.4 Å². The van der Waals surface area contributed by atoms with E-state index in [-0.39, 0.29) is 0 Å². The van der Waals surface area contributed by atoms with Crippen LogP contribution >= 0.6 is 35.4 Å². The number of rotatable bonds is 7. The molecule has 0 aliphatic carbocycles.